The van der Waals surface area contributed by atoms with E-state index in [-0.39, 0.29) is 0 Å². The molecule has 0 heterocycles. The summed E-state index contributed by atoms with van der Waals surface area (Å²) in [6.45, 7) is 0. The van der Waals surface area contributed by atoms with Gasteiger partial charge in [-0.2, -0.15) is 0 Å². The molecule has 0 spiro atoms. The van der Waals surface area contributed by atoms with E-state index in [9.17, 15) is 0 Å². The fourth-order valence-corrected chi connectivity index (χ4v) is 4.88. The Hall–Kier alpha value is -0.480. The lowest BCUT2D eigenvalue weighted by molar-refractivity contribution is 0.359. The quantitative estimate of drug-likeness (QED) is 0.551. The molecule has 5 unspecified atom stereocenters. The number of fused-ring (bicyclic) bond motifs is 5. The van der Waals surface area contributed by atoms with Gasteiger partial charge in [0.05, 0.1) is 0 Å². The maximum atomic E-state index is 5.32. The highest BCUT2D eigenvalue weighted by atomic mass is 14.9. The molecule has 0 saturated heterocycles. The van der Waals surface area contributed by atoms with Crippen molar-refractivity contribution >= 4 is 0 Å². The van der Waals surface area contributed by atoms with Crippen molar-refractivity contribution in [2.24, 2.45) is 29.6 Å². The fourth-order valence-electron chi connectivity index (χ4n) is 4.88. The van der Waals surface area contributed by atoms with Crippen molar-refractivity contribution in [3.63, 3.8) is 0 Å². The van der Waals surface area contributed by atoms with Crippen molar-refractivity contribution in [1.29, 1.82) is 0 Å². The van der Waals surface area contributed by atoms with E-state index in [1.54, 1.807) is 6.42 Å². The number of hydrogen-bond donors (Lipinski definition) is 1. The molecule has 3 aliphatic rings. The molecule has 16 heavy (non-hydrogen) atoms. The first kappa shape index (κ1) is 10.7. The molecule has 0 aromatic heterocycles. The van der Waals surface area contributed by atoms with Crippen LogP contribution in [0.1, 0.15) is 38.5 Å². The Morgan fingerprint density at radius 2 is 2.00 bits per heavy atom. The third-order valence-corrected chi connectivity index (χ3v) is 5.47. The summed E-state index contributed by atoms with van der Waals surface area (Å²) in [5.74, 6) is 8.17. The largest absolute Gasteiger partial charge is 0.317 e. The highest BCUT2D eigenvalue weighted by Crippen LogP contribution is 2.70. The van der Waals surface area contributed by atoms with Gasteiger partial charge in [0, 0.05) is 12.5 Å². The molecule has 0 aliphatic heterocycles. The summed E-state index contributed by atoms with van der Waals surface area (Å²) in [6, 6.07) is 0.756. The number of terminal acetylenes is 1. The molecule has 0 radical (unpaired) electrons. The molecule has 0 amide bonds. The van der Waals surface area contributed by atoms with E-state index in [0.29, 0.717) is 0 Å². The van der Waals surface area contributed by atoms with Gasteiger partial charge in [-0.25, -0.2) is 0 Å². The molecule has 1 N–H and O–H groups in total. The van der Waals surface area contributed by atoms with Crippen LogP contribution in [0.5, 0.6) is 0 Å². The van der Waals surface area contributed by atoms with Gasteiger partial charge in [0.25, 0.3) is 0 Å². The molecule has 1 nitrogen and oxygen atoms in total. The van der Waals surface area contributed by atoms with E-state index in [2.05, 4.69) is 18.3 Å². The smallest absolute Gasteiger partial charge is 0.00983 e. The topological polar surface area (TPSA) is 12.0 Å². The standard InChI is InChI=1S/C15H23N/c1-3-4-5-6-12(16-2)15-13-10-7-8-11(9-10)14(13)15/h1,10-16H,4-9H2,2H3. The van der Waals surface area contributed by atoms with Gasteiger partial charge in [0.2, 0.25) is 0 Å². The molecule has 2 bridgehead atoms. The van der Waals surface area contributed by atoms with E-state index >= 15 is 0 Å². The van der Waals surface area contributed by atoms with Crippen LogP contribution in [0.25, 0.3) is 0 Å². The van der Waals surface area contributed by atoms with Crippen LogP contribution in [-0.2, 0) is 0 Å². The lowest BCUT2D eigenvalue weighted by Gasteiger charge is -2.19. The van der Waals surface area contributed by atoms with Gasteiger partial charge >= 0.3 is 0 Å². The normalized spacial score (nSPS) is 45.1. The number of hydrogen-bond acceptors (Lipinski definition) is 1. The van der Waals surface area contributed by atoms with Crippen LogP contribution >= 0.6 is 0 Å². The van der Waals surface area contributed by atoms with Crippen LogP contribution < -0.4 is 5.32 Å². The zero-order valence-corrected chi connectivity index (χ0v) is 10.3. The molecule has 3 fully saturated rings. The maximum absolute atomic E-state index is 5.32. The van der Waals surface area contributed by atoms with E-state index in [1.165, 1.54) is 25.7 Å². The summed E-state index contributed by atoms with van der Waals surface area (Å²) < 4.78 is 0. The van der Waals surface area contributed by atoms with Gasteiger partial charge in [-0.15, -0.1) is 12.3 Å². The Kier molecular flexibility index (Phi) is 2.72. The second kappa shape index (κ2) is 4.08. The predicted molar refractivity (Wildman–Crippen MR) is 66.8 cm³/mol. The molecule has 1 heteroatoms. The van der Waals surface area contributed by atoms with Gasteiger partial charge in [-0.3, -0.25) is 0 Å². The Morgan fingerprint density at radius 3 is 2.56 bits per heavy atom. The van der Waals surface area contributed by atoms with Crippen LogP contribution in [0.3, 0.4) is 0 Å². The van der Waals surface area contributed by atoms with E-state index < -0.39 is 0 Å². The van der Waals surface area contributed by atoms with Crippen molar-refractivity contribution in [2.45, 2.75) is 44.6 Å². The fraction of sp³-hybridized carbons (Fsp3) is 0.867. The summed E-state index contributed by atoms with van der Waals surface area (Å²) in [6.07, 6.45) is 13.4. The second-order valence-corrected chi connectivity index (χ2v) is 6.06. The summed E-state index contributed by atoms with van der Waals surface area (Å²) in [4.78, 5) is 0. The number of unbranched alkanes of at least 4 members (excludes halogenated alkanes) is 1. The molecule has 88 valence electrons. The minimum atomic E-state index is 0.756. The zero-order valence-electron chi connectivity index (χ0n) is 10.3. The molecule has 3 rings (SSSR count). The maximum Gasteiger partial charge on any atom is 0.00983 e. The van der Waals surface area contributed by atoms with Crippen molar-refractivity contribution in [3.05, 3.63) is 0 Å². The summed E-state index contributed by atoms with van der Waals surface area (Å²) in [5, 5.41) is 3.55. The highest BCUT2D eigenvalue weighted by molar-refractivity contribution is 5.15. The van der Waals surface area contributed by atoms with Crippen molar-refractivity contribution in [2.75, 3.05) is 7.05 Å². The van der Waals surface area contributed by atoms with E-state index in [1.807, 2.05) is 0 Å². The van der Waals surface area contributed by atoms with Crippen LogP contribution in [0, 0.1) is 41.9 Å². The lowest BCUT2D eigenvalue weighted by Crippen LogP contribution is -2.30. The number of rotatable bonds is 5. The highest BCUT2D eigenvalue weighted by Gasteiger charge is 2.66. The van der Waals surface area contributed by atoms with Crippen LogP contribution in [-0.4, -0.2) is 13.1 Å². The van der Waals surface area contributed by atoms with Gasteiger partial charge in [0.15, 0.2) is 0 Å². The third-order valence-electron chi connectivity index (χ3n) is 5.47. The first-order valence-electron chi connectivity index (χ1n) is 6.97. The first-order chi connectivity index (χ1) is 7.86. The molecule has 3 saturated carbocycles. The Balaban J connectivity index is 1.56. The van der Waals surface area contributed by atoms with Crippen LogP contribution in [0.4, 0.5) is 0 Å². The van der Waals surface area contributed by atoms with E-state index in [0.717, 1.165) is 42.1 Å². The van der Waals surface area contributed by atoms with Gasteiger partial charge in [-0.05, 0) is 68.7 Å². The van der Waals surface area contributed by atoms with Crippen molar-refractivity contribution in [1.82, 2.24) is 5.32 Å². The third kappa shape index (κ3) is 1.51. The number of nitrogens with one attached hydrogen (secondary N) is 1. The minimum absolute atomic E-state index is 0.756. The Morgan fingerprint density at radius 1 is 1.31 bits per heavy atom. The lowest BCUT2D eigenvalue weighted by atomic mass is 9.94. The Bertz CT molecular complexity index is 287. The second-order valence-electron chi connectivity index (χ2n) is 6.06. The average molecular weight is 217 g/mol. The van der Waals surface area contributed by atoms with Crippen LogP contribution in [0.2, 0.25) is 0 Å². The molecular formula is C15H23N. The van der Waals surface area contributed by atoms with Gasteiger partial charge in [0.1, 0.15) is 0 Å². The van der Waals surface area contributed by atoms with Crippen LogP contribution in [0.15, 0.2) is 0 Å². The van der Waals surface area contributed by atoms with Gasteiger partial charge in [-0.1, -0.05) is 0 Å². The minimum Gasteiger partial charge on any atom is -0.317 e. The van der Waals surface area contributed by atoms with Crippen molar-refractivity contribution < 1.29 is 0 Å². The monoisotopic (exact) mass is 217 g/mol. The molecule has 0 aromatic carbocycles. The molecule has 3 aliphatic carbocycles. The molecule has 0 aromatic rings. The summed E-state index contributed by atoms with van der Waals surface area (Å²) in [5.41, 5.74) is 0. The SMILES string of the molecule is C#CCCCC(NC)C1C2C3CCC(C3)C21. The van der Waals surface area contributed by atoms with Gasteiger partial charge < -0.3 is 5.32 Å². The Labute approximate surface area is 99.4 Å². The average Bonchev–Trinajstić information content (AvgIpc) is 2.73. The molecular weight excluding hydrogens is 194 g/mol. The molecule has 5 atom stereocenters. The summed E-state index contributed by atoms with van der Waals surface area (Å²) in [7, 11) is 2.14. The zero-order chi connectivity index (χ0) is 11.1. The van der Waals surface area contributed by atoms with E-state index in [4.69, 9.17) is 6.42 Å². The predicted octanol–water partition coefficient (Wildman–Crippen LogP) is 2.67. The summed E-state index contributed by atoms with van der Waals surface area (Å²) >= 11 is 0. The van der Waals surface area contributed by atoms with Crippen molar-refractivity contribution in [3.8, 4) is 12.3 Å². The first-order valence-corrected chi connectivity index (χ1v) is 6.97.